The Hall–Kier alpha value is -3.34. The zero-order valence-electron chi connectivity index (χ0n) is 21.9. The Morgan fingerprint density at radius 2 is 1.86 bits per heavy atom. The highest BCUT2D eigenvalue weighted by Gasteiger charge is 2.33. The number of hydrogen-bond acceptors (Lipinski definition) is 4. The molecule has 8 heteroatoms. The Balaban J connectivity index is 1.53. The van der Waals surface area contributed by atoms with Crippen LogP contribution >= 0.6 is 0 Å². The summed E-state index contributed by atoms with van der Waals surface area (Å²) in [5.41, 5.74) is 1.12. The minimum atomic E-state index is -0.590. The van der Waals surface area contributed by atoms with E-state index >= 15 is 0 Å². The van der Waals surface area contributed by atoms with Gasteiger partial charge in [0, 0.05) is 36.0 Å². The molecule has 1 aromatic heterocycles. The van der Waals surface area contributed by atoms with Gasteiger partial charge in [0.25, 0.3) is 5.91 Å². The smallest absolute Gasteiger partial charge is 0.268 e. The second-order valence-electron chi connectivity index (χ2n) is 10.8. The SMILES string of the molecule is Cn1c(C(=O)N[C@H]2CCCC[C@H]2C(=O)N[C@H](C#N)CCCCNC(=O)C(C)(C)C)cc2ccccc21. The van der Waals surface area contributed by atoms with Gasteiger partial charge in [-0.05, 0) is 44.2 Å². The summed E-state index contributed by atoms with van der Waals surface area (Å²) in [5, 5.41) is 19.5. The molecule has 3 atom stereocenters. The zero-order chi connectivity index (χ0) is 26.3. The summed E-state index contributed by atoms with van der Waals surface area (Å²) in [5.74, 6) is -0.724. The van der Waals surface area contributed by atoms with Gasteiger partial charge in [-0.2, -0.15) is 5.26 Å². The summed E-state index contributed by atoms with van der Waals surface area (Å²) in [6.07, 6.45) is 5.27. The summed E-state index contributed by atoms with van der Waals surface area (Å²) in [6, 6.07) is 11.0. The van der Waals surface area contributed by atoms with E-state index in [1.807, 2.05) is 62.7 Å². The Labute approximate surface area is 213 Å². The van der Waals surface area contributed by atoms with Crippen LogP contribution in [0.1, 0.15) is 76.2 Å². The number of fused-ring (bicyclic) bond motifs is 1. The van der Waals surface area contributed by atoms with Crippen LogP contribution in [0.15, 0.2) is 30.3 Å². The highest BCUT2D eigenvalue weighted by Crippen LogP contribution is 2.26. The number of nitrogens with zero attached hydrogens (tertiary/aromatic N) is 2. The van der Waals surface area contributed by atoms with Crippen molar-refractivity contribution < 1.29 is 14.4 Å². The number of carbonyl (C=O) groups excluding carboxylic acids is 3. The van der Waals surface area contributed by atoms with Crippen LogP contribution in [0.3, 0.4) is 0 Å². The molecule has 0 bridgehead atoms. The average Bonchev–Trinajstić information content (AvgIpc) is 3.19. The molecule has 3 rings (SSSR count). The first-order valence-electron chi connectivity index (χ1n) is 13.0. The molecule has 1 saturated carbocycles. The Kier molecular flexibility index (Phi) is 9.14. The number of nitrogens with one attached hydrogen (secondary N) is 3. The molecule has 0 spiro atoms. The van der Waals surface area contributed by atoms with E-state index in [1.165, 1.54) is 0 Å². The fraction of sp³-hybridized carbons (Fsp3) is 0.571. The van der Waals surface area contributed by atoms with Gasteiger partial charge in [0.1, 0.15) is 11.7 Å². The summed E-state index contributed by atoms with van der Waals surface area (Å²) in [6.45, 7) is 6.15. The van der Waals surface area contributed by atoms with Crippen LogP contribution in [0, 0.1) is 22.7 Å². The predicted molar refractivity (Wildman–Crippen MR) is 140 cm³/mol. The monoisotopic (exact) mass is 493 g/mol. The highest BCUT2D eigenvalue weighted by atomic mass is 16.2. The van der Waals surface area contributed by atoms with Gasteiger partial charge in [-0.1, -0.05) is 51.8 Å². The summed E-state index contributed by atoms with van der Waals surface area (Å²) in [4.78, 5) is 38.2. The van der Waals surface area contributed by atoms with Crippen molar-refractivity contribution in [3.05, 3.63) is 36.0 Å². The van der Waals surface area contributed by atoms with E-state index in [0.717, 1.165) is 43.0 Å². The lowest BCUT2D eigenvalue weighted by atomic mass is 9.83. The number of unbranched alkanes of at least 4 members (excludes halogenated alkanes) is 1. The molecule has 0 saturated heterocycles. The van der Waals surface area contributed by atoms with Gasteiger partial charge in [-0.25, -0.2) is 0 Å². The molecule has 8 nitrogen and oxygen atoms in total. The first-order chi connectivity index (χ1) is 17.1. The lowest BCUT2D eigenvalue weighted by Gasteiger charge is -2.31. The minimum absolute atomic E-state index is 0.00136. The standard InChI is InChI=1S/C28H39N5O3/c1-28(2,3)27(36)30-16-10-9-12-20(18-29)31-25(34)21-13-6-7-14-22(21)32-26(35)24-17-19-11-5-8-15-23(19)33(24)4/h5,8,11,15,17,20-22H,6-7,9-10,12-14,16H2,1-4H3,(H,30,36)(H,31,34)(H,32,35)/t20-,21+,22-/m0/s1. The molecule has 36 heavy (non-hydrogen) atoms. The lowest BCUT2D eigenvalue weighted by Crippen LogP contribution is -2.50. The predicted octanol–water partition coefficient (Wildman–Crippen LogP) is 3.81. The Morgan fingerprint density at radius 1 is 1.14 bits per heavy atom. The molecule has 3 amide bonds. The molecule has 1 heterocycles. The van der Waals surface area contributed by atoms with Crippen molar-refractivity contribution >= 4 is 28.6 Å². The van der Waals surface area contributed by atoms with E-state index in [9.17, 15) is 19.6 Å². The normalized spacial score (nSPS) is 18.8. The van der Waals surface area contributed by atoms with Crippen molar-refractivity contribution in [3.63, 3.8) is 0 Å². The van der Waals surface area contributed by atoms with Crippen molar-refractivity contribution in [2.45, 2.75) is 77.8 Å². The maximum Gasteiger partial charge on any atom is 0.268 e. The van der Waals surface area contributed by atoms with Gasteiger partial charge < -0.3 is 20.5 Å². The van der Waals surface area contributed by atoms with Crippen LogP contribution in [0.5, 0.6) is 0 Å². The van der Waals surface area contributed by atoms with Gasteiger partial charge in [-0.15, -0.1) is 0 Å². The lowest BCUT2D eigenvalue weighted by molar-refractivity contribution is -0.128. The zero-order valence-corrected chi connectivity index (χ0v) is 21.9. The summed E-state index contributed by atoms with van der Waals surface area (Å²) >= 11 is 0. The number of aryl methyl sites for hydroxylation is 1. The minimum Gasteiger partial charge on any atom is -0.356 e. The summed E-state index contributed by atoms with van der Waals surface area (Å²) in [7, 11) is 1.87. The fourth-order valence-electron chi connectivity index (χ4n) is 4.75. The first kappa shape index (κ1) is 27.3. The third kappa shape index (κ3) is 6.87. The van der Waals surface area contributed by atoms with E-state index in [1.54, 1.807) is 0 Å². The van der Waals surface area contributed by atoms with Gasteiger partial charge in [0.15, 0.2) is 0 Å². The van der Waals surface area contributed by atoms with E-state index in [4.69, 9.17) is 0 Å². The molecule has 3 N–H and O–H groups in total. The van der Waals surface area contributed by atoms with Crippen LogP contribution in [0.4, 0.5) is 0 Å². The molecule has 0 radical (unpaired) electrons. The van der Waals surface area contributed by atoms with Crippen LogP contribution in [-0.2, 0) is 16.6 Å². The van der Waals surface area contributed by atoms with Crippen molar-refractivity contribution in [1.82, 2.24) is 20.5 Å². The molecule has 2 aromatic rings. The second-order valence-corrected chi connectivity index (χ2v) is 10.8. The third-order valence-corrected chi connectivity index (χ3v) is 6.96. The van der Waals surface area contributed by atoms with Gasteiger partial charge in [0.05, 0.1) is 12.0 Å². The van der Waals surface area contributed by atoms with Crippen molar-refractivity contribution in [2.24, 2.45) is 18.4 Å². The molecule has 1 aliphatic carbocycles. The number of aromatic nitrogens is 1. The van der Waals surface area contributed by atoms with Gasteiger partial charge >= 0.3 is 0 Å². The van der Waals surface area contributed by atoms with E-state index < -0.39 is 11.5 Å². The number of para-hydroxylation sites is 1. The molecule has 1 aromatic carbocycles. The van der Waals surface area contributed by atoms with E-state index in [2.05, 4.69) is 22.0 Å². The maximum absolute atomic E-state index is 13.1. The third-order valence-electron chi connectivity index (χ3n) is 6.96. The quantitative estimate of drug-likeness (QED) is 0.461. The maximum atomic E-state index is 13.1. The highest BCUT2D eigenvalue weighted by molar-refractivity contribution is 5.99. The molecule has 0 aliphatic heterocycles. The first-order valence-corrected chi connectivity index (χ1v) is 13.0. The van der Waals surface area contributed by atoms with Gasteiger partial charge in [0.2, 0.25) is 11.8 Å². The van der Waals surface area contributed by atoms with Crippen LogP contribution in [-0.4, -0.2) is 40.9 Å². The largest absolute Gasteiger partial charge is 0.356 e. The number of rotatable bonds is 9. The Bertz CT molecular complexity index is 1120. The topological polar surface area (TPSA) is 116 Å². The van der Waals surface area contributed by atoms with Crippen LogP contribution < -0.4 is 16.0 Å². The Morgan fingerprint density at radius 3 is 2.56 bits per heavy atom. The second kappa shape index (κ2) is 12.1. The molecular formula is C28H39N5O3. The molecule has 1 aliphatic rings. The van der Waals surface area contributed by atoms with Gasteiger partial charge in [-0.3, -0.25) is 14.4 Å². The number of hydrogen-bond donors (Lipinski definition) is 3. The van der Waals surface area contributed by atoms with Crippen molar-refractivity contribution in [1.29, 1.82) is 5.26 Å². The van der Waals surface area contributed by atoms with E-state index in [-0.39, 0.29) is 29.7 Å². The number of carbonyl (C=O) groups is 3. The fourth-order valence-corrected chi connectivity index (χ4v) is 4.75. The molecular weight excluding hydrogens is 454 g/mol. The molecule has 1 fully saturated rings. The number of benzene rings is 1. The van der Waals surface area contributed by atoms with Crippen LogP contribution in [0.25, 0.3) is 10.9 Å². The number of nitriles is 1. The van der Waals surface area contributed by atoms with Crippen molar-refractivity contribution in [3.8, 4) is 6.07 Å². The summed E-state index contributed by atoms with van der Waals surface area (Å²) < 4.78 is 1.87. The average molecular weight is 494 g/mol. The molecule has 194 valence electrons. The van der Waals surface area contributed by atoms with Crippen LogP contribution in [0.2, 0.25) is 0 Å². The number of amides is 3. The van der Waals surface area contributed by atoms with Crippen molar-refractivity contribution in [2.75, 3.05) is 6.54 Å². The molecule has 0 unspecified atom stereocenters. The van der Waals surface area contributed by atoms with E-state index in [0.29, 0.717) is 25.1 Å².